The van der Waals surface area contributed by atoms with E-state index in [1.807, 2.05) is 65.6 Å². The van der Waals surface area contributed by atoms with Crippen LogP contribution in [0.3, 0.4) is 0 Å². The van der Waals surface area contributed by atoms with Crippen molar-refractivity contribution >= 4 is 17.6 Å². The third-order valence-electron chi connectivity index (χ3n) is 5.90. The average Bonchev–Trinajstić information content (AvgIpc) is 3.31. The summed E-state index contributed by atoms with van der Waals surface area (Å²) in [5.74, 6) is 0.837. The molecule has 5 nitrogen and oxygen atoms in total. The highest BCUT2D eigenvalue weighted by atomic mass is 16.5. The van der Waals surface area contributed by atoms with Crippen molar-refractivity contribution in [2.75, 3.05) is 46.4 Å². The molecular weight excluding hydrogens is 376 g/mol. The lowest BCUT2D eigenvalue weighted by Crippen LogP contribution is -2.50. The first-order valence-corrected chi connectivity index (χ1v) is 10.8. The monoisotopic (exact) mass is 406 g/mol. The molecule has 2 heterocycles. The molecule has 2 aliphatic heterocycles. The Morgan fingerprint density at radius 2 is 1.80 bits per heavy atom. The lowest BCUT2D eigenvalue weighted by molar-refractivity contribution is -0.126. The molecule has 4 rings (SSSR count). The molecule has 1 unspecified atom stereocenters. The predicted molar refractivity (Wildman–Crippen MR) is 119 cm³/mol. The van der Waals surface area contributed by atoms with Crippen LogP contribution in [0.1, 0.15) is 24.0 Å². The molecule has 158 valence electrons. The Morgan fingerprint density at radius 3 is 2.50 bits per heavy atom. The highest BCUT2D eigenvalue weighted by Crippen LogP contribution is 2.26. The predicted octanol–water partition coefficient (Wildman–Crippen LogP) is 3.56. The number of ether oxygens (including phenoxy) is 2. The zero-order valence-corrected chi connectivity index (χ0v) is 17.6. The topological polar surface area (TPSA) is 42.0 Å². The van der Waals surface area contributed by atoms with E-state index in [-0.39, 0.29) is 5.91 Å². The maximum atomic E-state index is 13.5. The van der Waals surface area contributed by atoms with Crippen molar-refractivity contribution in [3.8, 4) is 5.75 Å². The van der Waals surface area contributed by atoms with Gasteiger partial charge in [-0.15, -0.1) is 0 Å². The van der Waals surface area contributed by atoms with Gasteiger partial charge in [-0.1, -0.05) is 48.5 Å². The highest BCUT2D eigenvalue weighted by Gasteiger charge is 2.27. The second-order valence-corrected chi connectivity index (χ2v) is 7.89. The van der Waals surface area contributed by atoms with E-state index in [2.05, 4.69) is 4.90 Å². The molecule has 2 aromatic rings. The number of carbonyl (C=O) groups is 1. The molecule has 2 aromatic carbocycles. The zero-order chi connectivity index (χ0) is 20.8. The van der Waals surface area contributed by atoms with Gasteiger partial charge in [0.25, 0.3) is 5.91 Å². The quantitative estimate of drug-likeness (QED) is 0.543. The molecule has 0 aliphatic carbocycles. The number of amides is 1. The second kappa shape index (κ2) is 9.92. The second-order valence-electron chi connectivity index (χ2n) is 7.89. The van der Waals surface area contributed by atoms with E-state index in [1.165, 1.54) is 0 Å². The lowest BCUT2D eigenvalue weighted by atomic mass is 10.0. The first-order valence-electron chi connectivity index (χ1n) is 10.8. The number of nitrogens with zero attached hydrogens (tertiary/aromatic N) is 2. The van der Waals surface area contributed by atoms with Gasteiger partial charge in [-0.25, -0.2) is 0 Å². The summed E-state index contributed by atoms with van der Waals surface area (Å²) in [6.45, 7) is 5.12. The van der Waals surface area contributed by atoms with Crippen molar-refractivity contribution < 1.29 is 14.3 Å². The van der Waals surface area contributed by atoms with Gasteiger partial charge in [-0.3, -0.25) is 9.69 Å². The molecule has 0 radical (unpaired) electrons. The normalized spacial score (nSPS) is 20.4. The average molecular weight is 407 g/mol. The van der Waals surface area contributed by atoms with E-state index < -0.39 is 0 Å². The van der Waals surface area contributed by atoms with Crippen LogP contribution in [0.2, 0.25) is 0 Å². The molecular formula is C25H30N2O3. The van der Waals surface area contributed by atoms with Crippen molar-refractivity contribution in [3.05, 3.63) is 65.7 Å². The smallest absolute Gasteiger partial charge is 0.254 e. The van der Waals surface area contributed by atoms with E-state index in [1.54, 1.807) is 7.11 Å². The van der Waals surface area contributed by atoms with E-state index in [4.69, 9.17) is 9.47 Å². The van der Waals surface area contributed by atoms with Crippen molar-refractivity contribution in [1.82, 2.24) is 9.80 Å². The molecule has 5 heteroatoms. The molecule has 30 heavy (non-hydrogen) atoms. The summed E-state index contributed by atoms with van der Waals surface area (Å²) in [5, 5.41) is 0. The lowest BCUT2D eigenvalue weighted by Gasteiger charge is -2.36. The van der Waals surface area contributed by atoms with Gasteiger partial charge in [0.15, 0.2) is 0 Å². The van der Waals surface area contributed by atoms with Gasteiger partial charge in [0.2, 0.25) is 0 Å². The fraction of sp³-hybridized carbons (Fsp3) is 0.400. The van der Waals surface area contributed by atoms with Crippen LogP contribution in [-0.4, -0.2) is 68.3 Å². The van der Waals surface area contributed by atoms with Crippen molar-refractivity contribution in [1.29, 1.82) is 0 Å². The van der Waals surface area contributed by atoms with E-state index >= 15 is 0 Å². The molecule has 0 bridgehead atoms. The van der Waals surface area contributed by atoms with Crippen LogP contribution in [0, 0.1) is 0 Å². The Balaban J connectivity index is 1.51. The van der Waals surface area contributed by atoms with Crippen molar-refractivity contribution in [2.45, 2.75) is 18.9 Å². The molecule has 0 spiro atoms. The number of piperazine rings is 1. The van der Waals surface area contributed by atoms with Crippen LogP contribution in [0.15, 0.2) is 54.6 Å². The van der Waals surface area contributed by atoms with Crippen LogP contribution in [-0.2, 0) is 9.53 Å². The van der Waals surface area contributed by atoms with Crippen LogP contribution in [0.25, 0.3) is 11.6 Å². The van der Waals surface area contributed by atoms with Gasteiger partial charge in [0.05, 0.1) is 13.2 Å². The Labute approximate surface area is 178 Å². The summed E-state index contributed by atoms with van der Waals surface area (Å²) >= 11 is 0. The maximum absolute atomic E-state index is 13.5. The van der Waals surface area contributed by atoms with Crippen LogP contribution < -0.4 is 4.74 Å². The summed E-state index contributed by atoms with van der Waals surface area (Å²) in [4.78, 5) is 17.9. The SMILES string of the molecule is COc1ccccc1/C=C(/C(=O)N1CCN(CC2CCCO2)CC1)c1ccccc1. The molecule has 0 saturated carbocycles. The number of hydrogen-bond acceptors (Lipinski definition) is 4. The zero-order valence-electron chi connectivity index (χ0n) is 17.6. The number of benzene rings is 2. The minimum absolute atomic E-state index is 0.0730. The summed E-state index contributed by atoms with van der Waals surface area (Å²) < 4.78 is 11.3. The van der Waals surface area contributed by atoms with E-state index in [0.717, 1.165) is 69.0 Å². The summed E-state index contributed by atoms with van der Waals surface area (Å²) in [6.07, 6.45) is 4.63. The maximum Gasteiger partial charge on any atom is 0.254 e. The Morgan fingerprint density at radius 1 is 1.07 bits per heavy atom. The highest BCUT2D eigenvalue weighted by molar-refractivity contribution is 6.24. The van der Waals surface area contributed by atoms with Crippen molar-refractivity contribution in [3.63, 3.8) is 0 Å². The molecule has 2 fully saturated rings. The van der Waals surface area contributed by atoms with Gasteiger partial charge in [-0.05, 0) is 30.5 Å². The fourth-order valence-corrected chi connectivity index (χ4v) is 4.21. The third-order valence-corrected chi connectivity index (χ3v) is 5.90. The fourth-order valence-electron chi connectivity index (χ4n) is 4.21. The van der Waals surface area contributed by atoms with Crippen LogP contribution >= 0.6 is 0 Å². The molecule has 2 saturated heterocycles. The van der Waals surface area contributed by atoms with Crippen molar-refractivity contribution in [2.24, 2.45) is 0 Å². The van der Waals surface area contributed by atoms with Crippen LogP contribution in [0.4, 0.5) is 0 Å². The first-order chi connectivity index (χ1) is 14.7. The Kier molecular flexibility index (Phi) is 6.82. The number of para-hydroxylation sites is 1. The molecule has 0 N–H and O–H groups in total. The van der Waals surface area contributed by atoms with Gasteiger partial charge in [-0.2, -0.15) is 0 Å². The summed E-state index contributed by atoms with van der Waals surface area (Å²) in [7, 11) is 1.66. The van der Waals surface area contributed by atoms with Crippen LogP contribution in [0.5, 0.6) is 5.75 Å². The number of hydrogen-bond donors (Lipinski definition) is 0. The van der Waals surface area contributed by atoms with Gasteiger partial charge in [0, 0.05) is 50.5 Å². The standard InChI is InChI=1S/C25H30N2O3/c1-29-24-12-6-5-10-21(24)18-23(20-8-3-2-4-9-20)25(28)27-15-13-26(14-16-27)19-22-11-7-17-30-22/h2-6,8-10,12,18,22H,7,11,13-17,19H2,1H3/b23-18+. The minimum Gasteiger partial charge on any atom is -0.496 e. The molecule has 1 amide bonds. The third kappa shape index (κ3) is 4.91. The number of carbonyl (C=O) groups excluding carboxylic acids is 1. The number of methoxy groups -OCH3 is 1. The van der Waals surface area contributed by atoms with Gasteiger partial charge < -0.3 is 14.4 Å². The summed E-state index contributed by atoms with van der Waals surface area (Å²) in [5.41, 5.74) is 2.53. The summed E-state index contributed by atoms with van der Waals surface area (Å²) in [6, 6.07) is 17.7. The van der Waals surface area contributed by atoms with Gasteiger partial charge >= 0.3 is 0 Å². The largest absolute Gasteiger partial charge is 0.496 e. The first kappa shape index (κ1) is 20.6. The molecule has 2 aliphatic rings. The minimum atomic E-state index is 0.0730. The van der Waals surface area contributed by atoms with E-state index in [9.17, 15) is 4.79 Å². The Hall–Kier alpha value is -2.63. The Bertz CT molecular complexity index is 867. The van der Waals surface area contributed by atoms with E-state index in [0.29, 0.717) is 11.7 Å². The molecule has 1 atom stereocenters. The number of rotatable bonds is 6. The van der Waals surface area contributed by atoms with Gasteiger partial charge in [0.1, 0.15) is 5.75 Å². The molecule has 0 aromatic heterocycles.